The normalized spacial score (nSPS) is 12.0. The molecule has 0 bridgehead atoms. The van der Waals surface area contributed by atoms with Gasteiger partial charge < -0.3 is 20.4 Å². The largest absolute Gasteiger partial charge is 0.387 e. The topological polar surface area (TPSA) is 93.8 Å². The van der Waals surface area contributed by atoms with E-state index < -0.39 is 6.10 Å². The van der Waals surface area contributed by atoms with E-state index in [2.05, 4.69) is 36.2 Å². The molecule has 4 N–H and O–H groups in total. The van der Waals surface area contributed by atoms with Crippen LogP contribution >= 0.6 is 27.5 Å². The third kappa shape index (κ3) is 4.48. The van der Waals surface area contributed by atoms with Crippen LogP contribution in [0.1, 0.15) is 11.7 Å². The van der Waals surface area contributed by atoms with Gasteiger partial charge in [-0.3, -0.25) is 4.79 Å². The molecule has 0 fully saturated rings. The Labute approximate surface area is 186 Å². The van der Waals surface area contributed by atoms with Gasteiger partial charge in [0.1, 0.15) is 11.4 Å². The molecule has 0 aliphatic rings. The third-order valence-electron chi connectivity index (χ3n) is 4.65. The maximum absolute atomic E-state index is 12.5. The zero-order valence-electron chi connectivity index (χ0n) is 15.7. The Morgan fingerprint density at radius 1 is 1.17 bits per heavy atom. The Bertz CT molecular complexity index is 1220. The number of anilines is 1. The van der Waals surface area contributed by atoms with Gasteiger partial charge in [-0.25, -0.2) is 4.98 Å². The number of imidazole rings is 1. The Balaban J connectivity index is 1.59. The monoisotopic (exact) mass is 484 g/mol. The molecule has 0 spiro atoms. The summed E-state index contributed by atoms with van der Waals surface area (Å²) in [6.07, 6.45) is 2.46. The molecule has 1 unspecified atom stereocenters. The molecule has 30 heavy (non-hydrogen) atoms. The highest BCUT2D eigenvalue weighted by atomic mass is 79.9. The van der Waals surface area contributed by atoms with Crippen LogP contribution in [-0.4, -0.2) is 26.6 Å². The molecule has 0 saturated heterocycles. The van der Waals surface area contributed by atoms with Crippen molar-refractivity contribution in [3.05, 3.63) is 92.4 Å². The lowest BCUT2D eigenvalue weighted by atomic mass is 10.1. The molecule has 0 aliphatic carbocycles. The van der Waals surface area contributed by atoms with Gasteiger partial charge in [-0.1, -0.05) is 51.8 Å². The standard InChI is InChI=1S/C22H18BrClN4O2/c23-15-6-4-13(5-7-15)18-11-27-21(28-18)20-17(8-9-25-22(20)30)26-12-19(29)14-2-1-3-16(24)10-14/h1-11,19,29H,12H2,(H,27,28)(H2,25,26,30). The number of rotatable bonds is 6. The first-order valence-corrected chi connectivity index (χ1v) is 10.4. The molecule has 4 aromatic rings. The van der Waals surface area contributed by atoms with Gasteiger partial charge in [0.2, 0.25) is 0 Å². The van der Waals surface area contributed by atoms with Crippen molar-refractivity contribution in [2.45, 2.75) is 6.10 Å². The fraction of sp³-hybridized carbons (Fsp3) is 0.0909. The maximum atomic E-state index is 12.5. The summed E-state index contributed by atoms with van der Waals surface area (Å²) in [5, 5.41) is 14.2. The van der Waals surface area contributed by atoms with E-state index in [0.29, 0.717) is 27.7 Å². The second-order valence-corrected chi connectivity index (χ2v) is 8.05. The zero-order valence-corrected chi connectivity index (χ0v) is 18.0. The molecule has 8 heteroatoms. The molecule has 2 aromatic heterocycles. The van der Waals surface area contributed by atoms with Gasteiger partial charge in [0.05, 0.1) is 23.7 Å². The number of aromatic amines is 2. The SMILES string of the molecule is O=c1[nH]ccc(NCC(O)c2cccc(Cl)c2)c1-c1ncc(-c2ccc(Br)cc2)[nH]1. The fourth-order valence-electron chi connectivity index (χ4n) is 3.12. The van der Waals surface area contributed by atoms with E-state index in [1.807, 2.05) is 24.3 Å². The van der Waals surface area contributed by atoms with E-state index in [1.165, 1.54) is 0 Å². The average Bonchev–Trinajstić information content (AvgIpc) is 3.22. The summed E-state index contributed by atoms with van der Waals surface area (Å²) in [5.74, 6) is 0.439. The molecular formula is C22H18BrClN4O2. The summed E-state index contributed by atoms with van der Waals surface area (Å²) in [5.41, 5.74) is 3.10. The van der Waals surface area contributed by atoms with Crippen molar-refractivity contribution in [1.29, 1.82) is 0 Å². The van der Waals surface area contributed by atoms with E-state index in [-0.39, 0.29) is 12.1 Å². The lowest BCUT2D eigenvalue weighted by Gasteiger charge is -2.15. The van der Waals surface area contributed by atoms with Crippen molar-refractivity contribution in [2.24, 2.45) is 0 Å². The predicted octanol–water partition coefficient (Wildman–Crippen LogP) is 4.99. The average molecular weight is 486 g/mol. The minimum atomic E-state index is -0.786. The predicted molar refractivity (Wildman–Crippen MR) is 123 cm³/mol. The number of hydrogen-bond donors (Lipinski definition) is 4. The van der Waals surface area contributed by atoms with Gasteiger partial charge in [0, 0.05) is 22.2 Å². The van der Waals surface area contributed by atoms with Crippen LogP contribution in [0.2, 0.25) is 5.02 Å². The molecular weight excluding hydrogens is 468 g/mol. The number of pyridine rings is 1. The second kappa shape index (κ2) is 8.87. The molecule has 0 amide bonds. The lowest BCUT2D eigenvalue weighted by Crippen LogP contribution is -2.17. The first kappa shape index (κ1) is 20.4. The van der Waals surface area contributed by atoms with E-state index in [0.717, 1.165) is 15.7 Å². The van der Waals surface area contributed by atoms with E-state index in [4.69, 9.17) is 11.6 Å². The van der Waals surface area contributed by atoms with Crippen LogP contribution in [0.15, 0.2) is 76.3 Å². The highest BCUT2D eigenvalue weighted by Gasteiger charge is 2.16. The summed E-state index contributed by atoms with van der Waals surface area (Å²) in [6, 6.07) is 16.6. The van der Waals surface area contributed by atoms with Crippen molar-refractivity contribution < 1.29 is 5.11 Å². The van der Waals surface area contributed by atoms with Gasteiger partial charge in [-0.05, 0) is 41.5 Å². The van der Waals surface area contributed by atoms with Gasteiger partial charge >= 0.3 is 0 Å². The summed E-state index contributed by atoms with van der Waals surface area (Å²) < 4.78 is 0.982. The molecule has 2 heterocycles. The Morgan fingerprint density at radius 2 is 1.97 bits per heavy atom. The molecule has 4 rings (SSSR count). The van der Waals surface area contributed by atoms with Gasteiger partial charge in [-0.2, -0.15) is 0 Å². The number of benzene rings is 2. The summed E-state index contributed by atoms with van der Waals surface area (Å²) in [7, 11) is 0. The number of H-pyrrole nitrogens is 2. The van der Waals surface area contributed by atoms with Crippen LogP contribution in [0.4, 0.5) is 5.69 Å². The minimum absolute atomic E-state index is 0.205. The van der Waals surface area contributed by atoms with E-state index >= 15 is 0 Å². The molecule has 0 saturated carbocycles. The van der Waals surface area contributed by atoms with Crippen LogP contribution in [0.5, 0.6) is 0 Å². The van der Waals surface area contributed by atoms with Crippen LogP contribution in [-0.2, 0) is 0 Å². The number of aliphatic hydroxyl groups excluding tert-OH is 1. The fourth-order valence-corrected chi connectivity index (χ4v) is 3.59. The summed E-state index contributed by atoms with van der Waals surface area (Å²) in [6.45, 7) is 0.205. The zero-order chi connectivity index (χ0) is 21.1. The number of aliphatic hydroxyl groups is 1. The molecule has 2 aromatic carbocycles. The summed E-state index contributed by atoms with van der Waals surface area (Å²) >= 11 is 9.42. The van der Waals surface area contributed by atoms with E-state index in [1.54, 1.807) is 42.7 Å². The number of nitrogens with one attached hydrogen (secondary N) is 3. The summed E-state index contributed by atoms with van der Waals surface area (Å²) in [4.78, 5) is 22.8. The minimum Gasteiger partial charge on any atom is -0.387 e. The first-order chi connectivity index (χ1) is 14.5. The van der Waals surface area contributed by atoms with Gasteiger partial charge in [0.15, 0.2) is 0 Å². The molecule has 152 valence electrons. The van der Waals surface area contributed by atoms with Crippen molar-refractivity contribution in [2.75, 3.05) is 11.9 Å². The molecule has 6 nitrogen and oxygen atoms in total. The number of halogens is 2. The van der Waals surface area contributed by atoms with Crippen molar-refractivity contribution in [3.8, 4) is 22.6 Å². The van der Waals surface area contributed by atoms with Crippen LogP contribution in [0, 0.1) is 0 Å². The second-order valence-electron chi connectivity index (χ2n) is 6.70. The smallest absolute Gasteiger partial charge is 0.261 e. The molecule has 0 aliphatic heterocycles. The van der Waals surface area contributed by atoms with Gasteiger partial charge in [-0.15, -0.1) is 0 Å². The molecule has 0 radical (unpaired) electrons. The lowest BCUT2D eigenvalue weighted by molar-refractivity contribution is 0.191. The highest BCUT2D eigenvalue weighted by molar-refractivity contribution is 9.10. The first-order valence-electron chi connectivity index (χ1n) is 9.21. The van der Waals surface area contributed by atoms with Crippen LogP contribution in [0.3, 0.4) is 0 Å². The Hall–Kier alpha value is -2.87. The molecule has 1 atom stereocenters. The van der Waals surface area contributed by atoms with Gasteiger partial charge in [0.25, 0.3) is 5.56 Å². The van der Waals surface area contributed by atoms with Crippen LogP contribution < -0.4 is 10.9 Å². The van der Waals surface area contributed by atoms with Crippen LogP contribution in [0.25, 0.3) is 22.6 Å². The van der Waals surface area contributed by atoms with Crippen molar-refractivity contribution in [1.82, 2.24) is 15.0 Å². The Morgan fingerprint density at radius 3 is 2.73 bits per heavy atom. The van der Waals surface area contributed by atoms with Crippen molar-refractivity contribution in [3.63, 3.8) is 0 Å². The number of hydrogen-bond acceptors (Lipinski definition) is 4. The number of nitrogens with zero attached hydrogens (tertiary/aromatic N) is 1. The quantitative estimate of drug-likeness (QED) is 0.309. The maximum Gasteiger partial charge on any atom is 0.261 e. The highest BCUT2D eigenvalue weighted by Crippen LogP contribution is 2.26. The van der Waals surface area contributed by atoms with Crippen molar-refractivity contribution >= 4 is 33.2 Å². The number of aromatic nitrogens is 3. The Kier molecular flexibility index (Phi) is 6.03. The van der Waals surface area contributed by atoms with E-state index in [9.17, 15) is 9.90 Å². The third-order valence-corrected chi connectivity index (χ3v) is 5.41.